The SMILES string of the molecule is COc1ccccc1Oc1c(Cl)nc(-c2ncccn2)nc1NS(=O)(=O)c1ccc(C(C)(C)CO)cc1. The lowest BCUT2D eigenvalue weighted by Gasteiger charge is -2.22. The van der Waals surface area contributed by atoms with Crippen LogP contribution in [0.2, 0.25) is 5.15 Å². The predicted octanol–water partition coefficient (Wildman–Crippen LogP) is 4.46. The first-order chi connectivity index (χ1) is 17.6. The van der Waals surface area contributed by atoms with Gasteiger partial charge in [-0.25, -0.2) is 28.4 Å². The molecule has 2 heterocycles. The van der Waals surface area contributed by atoms with Gasteiger partial charge in [0.15, 0.2) is 28.3 Å². The summed E-state index contributed by atoms with van der Waals surface area (Å²) in [6.45, 7) is 3.61. The summed E-state index contributed by atoms with van der Waals surface area (Å²) < 4.78 is 40.4. The number of anilines is 1. The van der Waals surface area contributed by atoms with E-state index in [0.29, 0.717) is 5.75 Å². The molecule has 0 aliphatic carbocycles. The molecule has 10 nitrogen and oxygen atoms in total. The zero-order chi connectivity index (χ0) is 26.6. The summed E-state index contributed by atoms with van der Waals surface area (Å²) in [5.41, 5.74) is 0.249. The standard InChI is InChI=1S/C25H24ClN5O5S/c1-25(2,15-32)16-9-11-17(12-10-16)37(33,34)31-22-20(36-19-8-5-4-7-18(19)35-3)21(26)29-24(30-22)23-27-13-6-14-28-23/h4-14,32H,15H2,1-3H3,(H,29,30,31). The minimum atomic E-state index is -4.14. The van der Waals surface area contributed by atoms with Crippen LogP contribution >= 0.6 is 11.6 Å². The first-order valence-corrected chi connectivity index (χ1v) is 12.9. The Kier molecular flexibility index (Phi) is 7.58. The molecular formula is C25H24ClN5O5S. The Labute approximate surface area is 219 Å². The molecule has 0 saturated carbocycles. The second-order valence-corrected chi connectivity index (χ2v) is 10.6. The molecule has 0 atom stereocenters. The number of aliphatic hydroxyl groups is 1. The van der Waals surface area contributed by atoms with Gasteiger partial charge in [0.25, 0.3) is 10.0 Å². The Morgan fingerprint density at radius 3 is 2.22 bits per heavy atom. The Bertz CT molecular complexity index is 1500. The third-order valence-electron chi connectivity index (χ3n) is 5.44. The predicted molar refractivity (Wildman–Crippen MR) is 138 cm³/mol. The number of nitrogens with zero attached hydrogens (tertiary/aromatic N) is 4. The van der Waals surface area contributed by atoms with Gasteiger partial charge in [-0.3, -0.25) is 4.72 Å². The minimum Gasteiger partial charge on any atom is -0.493 e. The van der Waals surface area contributed by atoms with Crippen LogP contribution in [0, 0.1) is 0 Å². The molecule has 37 heavy (non-hydrogen) atoms. The number of hydrogen-bond acceptors (Lipinski definition) is 9. The number of rotatable bonds is 9. The molecule has 0 unspecified atom stereocenters. The zero-order valence-electron chi connectivity index (χ0n) is 20.2. The first-order valence-electron chi connectivity index (χ1n) is 11.0. The third kappa shape index (κ3) is 5.79. The highest BCUT2D eigenvalue weighted by Gasteiger charge is 2.25. The van der Waals surface area contributed by atoms with Crippen molar-refractivity contribution in [2.24, 2.45) is 0 Å². The molecule has 192 valence electrons. The smallest absolute Gasteiger partial charge is 0.263 e. The van der Waals surface area contributed by atoms with Gasteiger partial charge in [-0.15, -0.1) is 0 Å². The van der Waals surface area contributed by atoms with Gasteiger partial charge in [-0.1, -0.05) is 49.7 Å². The van der Waals surface area contributed by atoms with Crippen LogP contribution < -0.4 is 14.2 Å². The van der Waals surface area contributed by atoms with Gasteiger partial charge in [0, 0.05) is 17.8 Å². The number of benzene rings is 2. The number of hydrogen-bond donors (Lipinski definition) is 2. The zero-order valence-corrected chi connectivity index (χ0v) is 21.8. The van der Waals surface area contributed by atoms with E-state index in [4.69, 9.17) is 21.1 Å². The molecule has 2 aromatic heterocycles. The summed E-state index contributed by atoms with van der Waals surface area (Å²) in [5, 5.41) is 9.45. The first kappa shape index (κ1) is 26.3. The van der Waals surface area contributed by atoms with Gasteiger partial charge in [0.05, 0.1) is 18.6 Å². The summed E-state index contributed by atoms with van der Waals surface area (Å²) in [7, 11) is -2.67. The van der Waals surface area contributed by atoms with Gasteiger partial charge in [-0.05, 0) is 35.9 Å². The van der Waals surface area contributed by atoms with E-state index >= 15 is 0 Å². The van der Waals surface area contributed by atoms with Crippen LogP contribution in [0.5, 0.6) is 17.2 Å². The Balaban J connectivity index is 1.78. The van der Waals surface area contributed by atoms with Crippen LogP contribution in [0.3, 0.4) is 0 Å². The average Bonchev–Trinajstić information content (AvgIpc) is 2.91. The molecule has 0 radical (unpaired) electrons. The van der Waals surface area contributed by atoms with Crippen molar-refractivity contribution >= 4 is 27.4 Å². The van der Waals surface area contributed by atoms with Crippen LogP contribution in [0.1, 0.15) is 19.4 Å². The highest BCUT2D eigenvalue weighted by molar-refractivity contribution is 7.92. The number of methoxy groups -OCH3 is 1. The largest absolute Gasteiger partial charge is 0.493 e. The third-order valence-corrected chi connectivity index (χ3v) is 7.05. The maximum atomic E-state index is 13.3. The summed E-state index contributed by atoms with van der Waals surface area (Å²) in [5.74, 6) is 0.459. The fraction of sp³-hybridized carbons (Fsp3) is 0.200. The molecule has 0 amide bonds. The van der Waals surface area contributed by atoms with Gasteiger partial charge >= 0.3 is 0 Å². The van der Waals surface area contributed by atoms with Crippen molar-refractivity contribution in [3.8, 4) is 28.9 Å². The van der Waals surface area contributed by atoms with E-state index in [9.17, 15) is 13.5 Å². The summed E-state index contributed by atoms with van der Waals surface area (Å²) in [6.07, 6.45) is 3.00. The van der Waals surface area contributed by atoms with Crippen LogP contribution in [0.15, 0.2) is 71.9 Å². The van der Waals surface area contributed by atoms with Crippen LogP contribution in [0.25, 0.3) is 11.6 Å². The fourth-order valence-electron chi connectivity index (χ4n) is 3.27. The van der Waals surface area contributed by atoms with Crippen LogP contribution in [-0.4, -0.2) is 47.2 Å². The van der Waals surface area contributed by atoms with Crippen molar-refractivity contribution in [1.82, 2.24) is 19.9 Å². The van der Waals surface area contributed by atoms with Crippen LogP contribution in [0.4, 0.5) is 5.82 Å². The maximum absolute atomic E-state index is 13.3. The second kappa shape index (κ2) is 10.7. The number of halogens is 1. The van der Waals surface area contributed by atoms with Crippen molar-refractivity contribution in [2.45, 2.75) is 24.2 Å². The summed E-state index contributed by atoms with van der Waals surface area (Å²) >= 11 is 6.46. The van der Waals surface area contributed by atoms with E-state index in [1.807, 2.05) is 13.8 Å². The van der Waals surface area contributed by atoms with E-state index < -0.39 is 15.4 Å². The normalized spacial score (nSPS) is 11.7. The summed E-state index contributed by atoms with van der Waals surface area (Å²) in [4.78, 5) is 16.7. The minimum absolute atomic E-state index is 0.00396. The number of ether oxygens (including phenoxy) is 2. The van der Waals surface area contributed by atoms with Crippen molar-refractivity contribution in [3.63, 3.8) is 0 Å². The molecule has 2 aromatic carbocycles. The van der Waals surface area contributed by atoms with Crippen LogP contribution in [-0.2, 0) is 15.4 Å². The van der Waals surface area contributed by atoms with Crippen molar-refractivity contribution in [3.05, 3.63) is 77.7 Å². The highest BCUT2D eigenvalue weighted by atomic mass is 35.5. The molecule has 0 spiro atoms. The van der Waals surface area contributed by atoms with Gasteiger partial charge in [-0.2, -0.15) is 0 Å². The number of nitrogens with one attached hydrogen (secondary N) is 1. The molecule has 2 N–H and O–H groups in total. The molecule has 4 aromatic rings. The fourth-order valence-corrected chi connectivity index (χ4v) is 4.49. The Morgan fingerprint density at radius 2 is 1.59 bits per heavy atom. The lowest BCUT2D eigenvalue weighted by molar-refractivity contribution is 0.218. The number of sulfonamides is 1. The Hall–Kier alpha value is -3.80. The molecule has 0 bridgehead atoms. The Morgan fingerprint density at radius 1 is 0.946 bits per heavy atom. The quantitative estimate of drug-likeness (QED) is 0.294. The van der Waals surface area contributed by atoms with Gasteiger partial charge < -0.3 is 14.6 Å². The molecule has 0 saturated heterocycles. The molecule has 12 heteroatoms. The van der Waals surface area contributed by atoms with Crippen molar-refractivity contribution in [2.75, 3.05) is 18.4 Å². The highest BCUT2D eigenvalue weighted by Crippen LogP contribution is 2.39. The second-order valence-electron chi connectivity index (χ2n) is 8.51. The van der Waals surface area contributed by atoms with Crippen molar-refractivity contribution in [1.29, 1.82) is 0 Å². The van der Waals surface area contributed by atoms with Crippen molar-refractivity contribution < 1.29 is 23.0 Å². The van der Waals surface area contributed by atoms with E-state index in [-0.39, 0.29) is 45.6 Å². The molecular weight excluding hydrogens is 518 g/mol. The van der Waals surface area contributed by atoms with Gasteiger partial charge in [0.2, 0.25) is 11.6 Å². The summed E-state index contributed by atoms with van der Waals surface area (Å²) in [6, 6.07) is 14.6. The topological polar surface area (TPSA) is 136 Å². The average molecular weight is 542 g/mol. The van der Waals surface area contributed by atoms with E-state index in [2.05, 4.69) is 24.7 Å². The lowest BCUT2D eigenvalue weighted by atomic mass is 9.86. The number of aromatic nitrogens is 4. The number of aliphatic hydroxyl groups excluding tert-OH is 1. The van der Waals surface area contributed by atoms with Gasteiger partial charge in [0.1, 0.15) is 0 Å². The van der Waals surface area contributed by atoms with E-state index in [1.54, 1.807) is 42.5 Å². The lowest BCUT2D eigenvalue weighted by Crippen LogP contribution is -2.22. The monoisotopic (exact) mass is 541 g/mol. The number of para-hydroxylation sites is 2. The van der Waals surface area contributed by atoms with E-state index in [0.717, 1.165) is 5.56 Å². The maximum Gasteiger partial charge on any atom is 0.263 e. The molecule has 0 aliphatic rings. The molecule has 4 rings (SSSR count). The van der Waals surface area contributed by atoms with E-state index in [1.165, 1.54) is 31.6 Å². The molecule has 0 aliphatic heterocycles. The molecule has 0 fully saturated rings.